The topological polar surface area (TPSA) is 81.8 Å². The summed E-state index contributed by atoms with van der Waals surface area (Å²) in [5.41, 5.74) is 2.61. The Morgan fingerprint density at radius 1 is 1.36 bits per heavy atom. The number of hydrazine groups is 1. The maximum Gasteiger partial charge on any atom is 0.344 e. The molecule has 1 heterocycles. The molecule has 1 aromatic rings. The molecule has 0 radical (unpaired) electrons. The zero-order valence-corrected chi connectivity index (χ0v) is 13.1. The summed E-state index contributed by atoms with van der Waals surface area (Å²) >= 11 is 0. The molecule has 0 spiro atoms. The molecule has 1 aliphatic heterocycles. The van der Waals surface area contributed by atoms with E-state index in [0.29, 0.717) is 12.0 Å². The molecule has 118 valence electrons. The van der Waals surface area contributed by atoms with E-state index in [4.69, 9.17) is 0 Å². The Hall–Kier alpha value is -2.57. The van der Waals surface area contributed by atoms with Gasteiger partial charge >= 0.3 is 6.03 Å². The average Bonchev–Trinajstić information content (AvgIpc) is 2.71. The van der Waals surface area contributed by atoms with Gasteiger partial charge in [0.1, 0.15) is 5.54 Å². The molecule has 1 saturated heterocycles. The summed E-state index contributed by atoms with van der Waals surface area (Å²) < 4.78 is 0. The third-order valence-corrected chi connectivity index (χ3v) is 3.81. The first kappa shape index (κ1) is 15.8. The van der Waals surface area contributed by atoms with Crippen LogP contribution in [0.1, 0.15) is 30.6 Å². The minimum atomic E-state index is -0.976. The number of hydrogen-bond donors (Lipinski definition) is 2. The molecule has 0 aromatic heterocycles. The van der Waals surface area contributed by atoms with Gasteiger partial charge in [-0.25, -0.2) is 4.79 Å². The number of nitrogens with zero attached hydrogens (tertiary/aromatic N) is 2. The number of nitrogens with one attached hydrogen (secondary N) is 2. The van der Waals surface area contributed by atoms with Gasteiger partial charge in [-0.3, -0.25) is 15.0 Å². The third-order valence-electron chi connectivity index (χ3n) is 3.81. The largest absolute Gasteiger partial charge is 0.378 e. The van der Waals surface area contributed by atoms with Crippen molar-refractivity contribution in [3.8, 4) is 0 Å². The second-order valence-electron chi connectivity index (χ2n) is 5.64. The molecule has 1 atom stereocenters. The van der Waals surface area contributed by atoms with Crippen LogP contribution in [0.5, 0.6) is 0 Å². The molecular weight excluding hydrogens is 284 g/mol. The van der Waals surface area contributed by atoms with E-state index in [0.717, 1.165) is 10.7 Å². The molecule has 4 amide bonds. The summed E-state index contributed by atoms with van der Waals surface area (Å²) in [7, 11) is 3.72. The summed E-state index contributed by atoms with van der Waals surface area (Å²) in [5.74, 6) is -0.968. The number of carbonyl (C=O) groups excluding carboxylic acids is 3. The van der Waals surface area contributed by atoms with Gasteiger partial charge in [-0.15, -0.1) is 0 Å². The SMILES string of the molecule is CCC1(C)NC(=O)N(NC(=O)c2cccc(N(C)C)c2)C1=O. The van der Waals surface area contributed by atoms with Crippen molar-refractivity contribution in [2.45, 2.75) is 25.8 Å². The number of rotatable bonds is 4. The summed E-state index contributed by atoms with van der Waals surface area (Å²) in [4.78, 5) is 38.2. The van der Waals surface area contributed by atoms with E-state index in [1.165, 1.54) is 0 Å². The van der Waals surface area contributed by atoms with Crippen molar-refractivity contribution >= 4 is 23.5 Å². The monoisotopic (exact) mass is 304 g/mol. The maximum absolute atomic E-state index is 12.3. The van der Waals surface area contributed by atoms with Crippen LogP contribution in [-0.4, -0.2) is 42.5 Å². The zero-order chi connectivity index (χ0) is 16.5. The van der Waals surface area contributed by atoms with E-state index in [1.54, 1.807) is 32.0 Å². The van der Waals surface area contributed by atoms with Crippen LogP contribution >= 0.6 is 0 Å². The van der Waals surface area contributed by atoms with E-state index < -0.39 is 23.4 Å². The number of carbonyl (C=O) groups is 3. The third kappa shape index (κ3) is 2.74. The van der Waals surface area contributed by atoms with Gasteiger partial charge in [-0.1, -0.05) is 13.0 Å². The maximum atomic E-state index is 12.3. The molecule has 0 aliphatic carbocycles. The summed E-state index contributed by atoms with van der Waals surface area (Å²) in [5, 5.41) is 3.32. The highest BCUT2D eigenvalue weighted by Crippen LogP contribution is 2.20. The van der Waals surface area contributed by atoms with Gasteiger partial charge in [0.15, 0.2) is 0 Å². The van der Waals surface area contributed by atoms with Gasteiger partial charge in [-0.2, -0.15) is 5.01 Å². The van der Waals surface area contributed by atoms with Gasteiger partial charge in [0.05, 0.1) is 0 Å². The first-order valence-corrected chi connectivity index (χ1v) is 7.03. The second-order valence-corrected chi connectivity index (χ2v) is 5.64. The first-order valence-electron chi connectivity index (χ1n) is 7.03. The molecule has 2 rings (SSSR count). The number of urea groups is 1. The van der Waals surface area contributed by atoms with Crippen LogP contribution in [0.2, 0.25) is 0 Å². The lowest BCUT2D eigenvalue weighted by Gasteiger charge is -2.19. The molecule has 0 saturated carbocycles. The molecule has 1 fully saturated rings. The highest BCUT2D eigenvalue weighted by molar-refractivity contribution is 6.09. The second kappa shape index (κ2) is 5.67. The number of hydrogen-bond acceptors (Lipinski definition) is 4. The molecule has 2 N–H and O–H groups in total. The fourth-order valence-corrected chi connectivity index (χ4v) is 2.12. The minimum Gasteiger partial charge on any atom is -0.378 e. The van der Waals surface area contributed by atoms with Gasteiger partial charge in [-0.05, 0) is 31.5 Å². The van der Waals surface area contributed by atoms with Gasteiger partial charge in [0, 0.05) is 25.3 Å². The zero-order valence-electron chi connectivity index (χ0n) is 13.1. The molecule has 7 nitrogen and oxygen atoms in total. The lowest BCUT2D eigenvalue weighted by molar-refractivity contribution is -0.132. The Morgan fingerprint density at radius 3 is 2.59 bits per heavy atom. The van der Waals surface area contributed by atoms with Crippen molar-refractivity contribution in [2.24, 2.45) is 0 Å². The van der Waals surface area contributed by atoms with Gasteiger partial charge in [0.2, 0.25) is 0 Å². The molecule has 7 heteroatoms. The highest BCUT2D eigenvalue weighted by atomic mass is 16.2. The lowest BCUT2D eigenvalue weighted by atomic mass is 10.00. The van der Waals surface area contributed by atoms with E-state index in [-0.39, 0.29) is 0 Å². The Balaban J connectivity index is 2.17. The van der Waals surface area contributed by atoms with Crippen LogP contribution in [-0.2, 0) is 4.79 Å². The van der Waals surface area contributed by atoms with Crippen LogP contribution in [0.3, 0.4) is 0 Å². The molecule has 1 aliphatic rings. The van der Waals surface area contributed by atoms with Crippen molar-refractivity contribution in [1.82, 2.24) is 15.8 Å². The van der Waals surface area contributed by atoms with Crippen LogP contribution < -0.4 is 15.6 Å². The smallest absolute Gasteiger partial charge is 0.344 e. The van der Waals surface area contributed by atoms with Crippen molar-refractivity contribution in [1.29, 1.82) is 0 Å². The number of anilines is 1. The summed E-state index contributed by atoms with van der Waals surface area (Å²) in [6.07, 6.45) is 0.445. The van der Waals surface area contributed by atoms with Gasteiger partial charge < -0.3 is 10.2 Å². The van der Waals surface area contributed by atoms with Crippen LogP contribution in [0, 0.1) is 0 Å². The van der Waals surface area contributed by atoms with Crippen LogP contribution in [0.15, 0.2) is 24.3 Å². The minimum absolute atomic E-state index is 0.372. The molecule has 22 heavy (non-hydrogen) atoms. The van der Waals surface area contributed by atoms with E-state index in [2.05, 4.69) is 10.7 Å². The quantitative estimate of drug-likeness (QED) is 0.817. The van der Waals surface area contributed by atoms with E-state index in [1.807, 2.05) is 25.1 Å². The van der Waals surface area contributed by atoms with Crippen molar-refractivity contribution in [3.05, 3.63) is 29.8 Å². The molecule has 1 unspecified atom stereocenters. The standard InChI is InChI=1S/C15H20N4O3/c1-5-15(2)13(21)19(14(22)16-15)17-12(20)10-7-6-8-11(9-10)18(3)4/h6-9H,5H2,1-4H3,(H,16,22)(H,17,20). The first-order chi connectivity index (χ1) is 10.3. The van der Waals surface area contributed by atoms with Crippen LogP contribution in [0.4, 0.5) is 10.5 Å². The van der Waals surface area contributed by atoms with E-state index in [9.17, 15) is 14.4 Å². The fourth-order valence-electron chi connectivity index (χ4n) is 2.12. The molecule has 0 bridgehead atoms. The number of benzene rings is 1. The Kier molecular flexibility index (Phi) is 4.07. The molecular formula is C15H20N4O3. The van der Waals surface area contributed by atoms with Crippen molar-refractivity contribution < 1.29 is 14.4 Å². The summed E-state index contributed by atoms with van der Waals surface area (Å²) in [6, 6.07) is 6.30. The lowest BCUT2D eigenvalue weighted by Crippen LogP contribution is -2.48. The number of amides is 4. The van der Waals surface area contributed by atoms with E-state index >= 15 is 0 Å². The Morgan fingerprint density at radius 2 is 2.05 bits per heavy atom. The average molecular weight is 304 g/mol. The van der Waals surface area contributed by atoms with Gasteiger partial charge in [0.25, 0.3) is 11.8 Å². The predicted octanol–water partition coefficient (Wildman–Crippen LogP) is 1.12. The highest BCUT2D eigenvalue weighted by Gasteiger charge is 2.47. The van der Waals surface area contributed by atoms with Crippen molar-refractivity contribution in [3.63, 3.8) is 0 Å². The molecule has 1 aromatic carbocycles. The normalized spacial score (nSPS) is 20.8. The number of imide groups is 1. The Bertz CT molecular complexity index is 629. The van der Waals surface area contributed by atoms with Crippen molar-refractivity contribution in [2.75, 3.05) is 19.0 Å². The van der Waals surface area contributed by atoms with Crippen LogP contribution in [0.25, 0.3) is 0 Å². The fraction of sp³-hybridized carbons (Fsp3) is 0.400. The Labute approximate surface area is 129 Å². The predicted molar refractivity (Wildman–Crippen MR) is 82.3 cm³/mol. The summed E-state index contributed by atoms with van der Waals surface area (Å²) in [6.45, 7) is 3.43.